The van der Waals surface area contributed by atoms with Gasteiger partial charge in [-0.15, -0.1) is 0 Å². The molecule has 1 aromatic rings. The predicted molar refractivity (Wildman–Crippen MR) is 93.1 cm³/mol. The highest BCUT2D eigenvalue weighted by Crippen LogP contribution is 2.26. The molecule has 1 atom stereocenters. The highest BCUT2D eigenvalue weighted by atomic mass is 16.5. The van der Waals surface area contributed by atoms with Gasteiger partial charge in [0.15, 0.2) is 0 Å². The van der Waals surface area contributed by atoms with Crippen LogP contribution in [-0.4, -0.2) is 55.6 Å². The van der Waals surface area contributed by atoms with Crippen LogP contribution in [0, 0.1) is 0 Å². The Morgan fingerprint density at radius 3 is 2.62 bits per heavy atom. The van der Waals surface area contributed by atoms with Crippen LogP contribution < -0.4 is 10.2 Å². The van der Waals surface area contributed by atoms with Crippen molar-refractivity contribution in [3.05, 3.63) is 24.3 Å². The lowest BCUT2D eigenvalue weighted by Crippen LogP contribution is -2.47. The van der Waals surface area contributed by atoms with Crippen molar-refractivity contribution in [3.63, 3.8) is 0 Å². The lowest BCUT2D eigenvalue weighted by Gasteiger charge is -2.33. The molecule has 0 bridgehead atoms. The number of morpholine rings is 1. The van der Waals surface area contributed by atoms with Gasteiger partial charge in [0, 0.05) is 25.7 Å². The molecule has 1 N–H and O–H groups in total. The van der Waals surface area contributed by atoms with Crippen molar-refractivity contribution in [2.24, 2.45) is 0 Å². The van der Waals surface area contributed by atoms with Crippen LogP contribution in [0.25, 0.3) is 0 Å². The Labute approximate surface area is 142 Å². The SMILES string of the molecule is CC1CCCCN1C(=O)C(=O)Nc1ccccc1N1CCOCC1. The molecule has 2 heterocycles. The van der Waals surface area contributed by atoms with Crippen LogP contribution in [0.15, 0.2) is 24.3 Å². The number of amides is 2. The average molecular weight is 331 g/mol. The Kier molecular flexibility index (Phi) is 5.35. The number of anilines is 2. The number of nitrogens with zero attached hydrogens (tertiary/aromatic N) is 2. The van der Waals surface area contributed by atoms with Crippen molar-refractivity contribution in [2.45, 2.75) is 32.2 Å². The van der Waals surface area contributed by atoms with Gasteiger partial charge in [0.05, 0.1) is 24.6 Å². The van der Waals surface area contributed by atoms with E-state index >= 15 is 0 Å². The zero-order valence-electron chi connectivity index (χ0n) is 14.2. The first-order valence-corrected chi connectivity index (χ1v) is 8.70. The Bertz CT molecular complexity index is 599. The minimum atomic E-state index is -0.551. The molecule has 2 amide bonds. The van der Waals surface area contributed by atoms with Crippen molar-refractivity contribution >= 4 is 23.2 Å². The largest absolute Gasteiger partial charge is 0.378 e. The van der Waals surface area contributed by atoms with E-state index < -0.39 is 11.8 Å². The fourth-order valence-corrected chi connectivity index (χ4v) is 3.37. The van der Waals surface area contributed by atoms with Crippen LogP contribution in [0.1, 0.15) is 26.2 Å². The molecule has 0 radical (unpaired) electrons. The minimum absolute atomic E-state index is 0.131. The fraction of sp³-hybridized carbons (Fsp3) is 0.556. The monoisotopic (exact) mass is 331 g/mol. The van der Waals surface area contributed by atoms with E-state index in [9.17, 15) is 9.59 Å². The average Bonchev–Trinajstić information content (AvgIpc) is 2.63. The van der Waals surface area contributed by atoms with Crippen molar-refractivity contribution in [1.29, 1.82) is 0 Å². The molecule has 6 nitrogen and oxygen atoms in total. The second-order valence-electron chi connectivity index (χ2n) is 6.41. The van der Waals surface area contributed by atoms with E-state index in [1.807, 2.05) is 31.2 Å². The lowest BCUT2D eigenvalue weighted by molar-refractivity contribution is -0.145. The van der Waals surface area contributed by atoms with Crippen LogP contribution in [0.2, 0.25) is 0 Å². The fourth-order valence-electron chi connectivity index (χ4n) is 3.37. The molecule has 130 valence electrons. The number of rotatable bonds is 2. The molecule has 2 fully saturated rings. The number of benzene rings is 1. The lowest BCUT2D eigenvalue weighted by atomic mass is 10.0. The van der Waals surface area contributed by atoms with Crippen LogP contribution in [0.5, 0.6) is 0 Å². The third kappa shape index (κ3) is 3.70. The molecule has 2 aliphatic heterocycles. The molecule has 0 aromatic heterocycles. The second kappa shape index (κ2) is 7.66. The summed E-state index contributed by atoms with van der Waals surface area (Å²) in [4.78, 5) is 28.8. The molecule has 0 saturated carbocycles. The van der Waals surface area contributed by atoms with Gasteiger partial charge in [0.25, 0.3) is 0 Å². The van der Waals surface area contributed by atoms with Gasteiger partial charge in [-0.1, -0.05) is 12.1 Å². The van der Waals surface area contributed by atoms with Gasteiger partial charge in [0.2, 0.25) is 0 Å². The molecule has 3 rings (SSSR count). The Balaban J connectivity index is 1.71. The summed E-state index contributed by atoms with van der Waals surface area (Å²) < 4.78 is 5.38. The normalized spacial score (nSPS) is 21.5. The number of nitrogens with one attached hydrogen (secondary N) is 1. The van der Waals surface area contributed by atoms with Crippen molar-refractivity contribution < 1.29 is 14.3 Å². The first kappa shape index (κ1) is 16.8. The quantitative estimate of drug-likeness (QED) is 0.841. The number of ether oxygens (including phenoxy) is 1. The summed E-state index contributed by atoms with van der Waals surface area (Å²) >= 11 is 0. The predicted octanol–water partition coefficient (Wildman–Crippen LogP) is 1.86. The van der Waals surface area contributed by atoms with Gasteiger partial charge in [-0.05, 0) is 38.3 Å². The minimum Gasteiger partial charge on any atom is -0.378 e. The van der Waals surface area contributed by atoms with Gasteiger partial charge in [-0.2, -0.15) is 0 Å². The summed E-state index contributed by atoms with van der Waals surface area (Å²) in [5, 5.41) is 2.81. The topological polar surface area (TPSA) is 61.9 Å². The third-order valence-corrected chi connectivity index (χ3v) is 4.76. The number of carbonyl (C=O) groups excluding carboxylic acids is 2. The summed E-state index contributed by atoms with van der Waals surface area (Å²) in [7, 11) is 0. The maximum Gasteiger partial charge on any atom is 0.313 e. The number of piperidine rings is 1. The molecule has 0 spiro atoms. The van der Waals surface area contributed by atoms with Crippen molar-refractivity contribution in [1.82, 2.24) is 4.90 Å². The number of hydrogen-bond donors (Lipinski definition) is 1. The summed E-state index contributed by atoms with van der Waals surface area (Å²) in [5.41, 5.74) is 1.62. The third-order valence-electron chi connectivity index (χ3n) is 4.76. The van der Waals surface area contributed by atoms with Crippen LogP contribution in [0.3, 0.4) is 0 Å². The van der Waals surface area contributed by atoms with Gasteiger partial charge < -0.3 is 19.9 Å². The van der Waals surface area contributed by atoms with Gasteiger partial charge in [-0.3, -0.25) is 9.59 Å². The molecule has 2 aliphatic rings. The van der Waals surface area contributed by atoms with E-state index in [0.29, 0.717) is 25.4 Å². The number of para-hydroxylation sites is 2. The molecule has 0 aliphatic carbocycles. The number of carbonyl (C=O) groups is 2. The summed E-state index contributed by atoms with van der Waals surface area (Å²) in [6.07, 6.45) is 3.05. The standard InChI is InChI=1S/C18H25N3O3/c1-14-6-4-5-9-21(14)18(23)17(22)19-15-7-2-3-8-16(15)20-10-12-24-13-11-20/h2-3,7-8,14H,4-6,9-13H2,1H3,(H,19,22). The van der Waals surface area contributed by atoms with Crippen LogP contribution in [0.4, 0.5) is 11.4 Å². The van der Waals surface area contributed by atoms with E-state index in [1.54, 1.807) is 4.90 Å². The Morgan fingerprint density at radius 2 is 1.88 bits per heavy atom. The molecular formula is C18H25N3O3. The molecule has 6 heteroatoms. The first-order valence-electron chi connectivity index (χ1n) is 8.70. The summed E-state index contributed by atoms with van der Waals surface area (Å²) in [6.45, 7) is 5.58. The van der Waals surface area contributed by atoms with E-state index in [1.165, 1.54) is 0 Å². The zero-order chi connectivity index (χ0) is 16.9. The number of hydrogen-bond acceptors (Lipinski definition) is 4. The highest BCUT2D eigenvalue weighted by molar-refractivity contribution is 6.39. The van der Waals surface area contributed by atoms with E-state index in [0.717, 1.165) is 38.0 Å². The molecule has 1 aromatic carbocycles. The Morgan fingerprint density at radius 1 is 1.12 bits per heavy atom. The first-order chi connectivity index (χ1) is 11.7. The van der Waals surface area contributed by atoms with Gasteiger partial charge in [-0.25, -0.2) is 0 Å². The maximum atomic E-state index is 12.5. The molecule has 2 saturated heterocycles. The van der Waals surface area contributed by atoms with E-state index in [4.69, 9.17) is 4.74 Å². The second-order valence-corrected chi connectivity index (χ2v) is 6.41. The smallest absolute Gasteiger partial charge is 0.313 e. The van der Waals surface area contributed by atoms with Crippen LogP contribution >= 0.6 is 0 Å². The maximum absolute atomic E-state index is 12.5. The van der Waals surface area contributed by atoms with E-state index in [2.05, 4.69) is 10.2 Å². The van der Waals surface area contributed by atoms with E-state index in [-0.39, 0.29) is 6.04 Å². The Hall–Kier alpha value is -2.08. The highest BCUT2D eigenvalue weighted by Gasteiger charge is 2.28. The van der Waals surface area contributed by atoms with Gasteiger partial charge in [0.1, 0.15) is 0 Å². The number of likely N-dealkylation sites (tertiary alicyclic amines) is 1. The van der Waals surface area contributed by atoms with Gasteiger partial charge >= 0.3 is 11.8 Å². The molecule has 1 unspecified atom stereocenters. The van der Waals surface area contributed by atoms with Crippen LogP contribution in [-0.2, 0) is 14.3 Å². The molecule has 24 heavy (non-hydrogen) atoms. The summed E-state index contributed by atoms with van der Waals surface area (Å²) in [5.74, 6) is -0.983. The van der Waals surface area contributed by atoms with Crippen molar-refractivity contribution in [2.75, 3.05) is 43.1 Å². The zero-order valence-corrected chi connectivity index (χ0v) is 14.2. The van der Waals surface area contributed by atoms with Crippen molar-refractivity contribution in [3.8, 4) is 0 Å². The molecular weight excluding hydrogens is 306 g/mol. The summed E-state index contributed by atoms with van der Waals surface area (Å²) in [6, 6.07) is 7.75.